The number of halogens is 1. The van der Waals surface area contributed by atoms with E-state index in [1.54, 1.807) is 6.92 Å². The lowest BCUT2D eigenvalue weighted by atomic mass is 10.2. The van der Waals surface area contributed by atoms with Crippen LogP contribution in [0.1, 0.15) is 25.3 Å². The molecule has 2 aromatic carbocycles. The summed E-state index contributed by atoms with van der Waals surface area (Å²) in [6, 6.07) is 16.3. The molecule has 1 heterocycles. The minimum Gasteiger partial charge on any atom is -0.481 e. The normalized spacial score (nSPS) is 15.6. The van der Waals surface area contributed by atoms with Gasteiger partial charge in [0.15, 0.2) is 6.10 Å². The standard InChI is InChI=1S/C24H32BrN3O2/c1-19-6-5-7-22(18-19)28-16-14-27(15-17-28)13-4-3-12-26-24(29)20(2)30-23-10-8-21(25)9-11-23/h5-11,18,20H,3-4,12-17H2,1-2H3,(H,26,29). The topological polar surface area (TPSA) is 44.8 Å². The zero-order valence-electron chi connectivity index (χ0n) is 17.9. The third-order valence-electron chi connectivity index (χ3n) is 5.44. The highest BCUT2D eigenvalue weighted by molar-refractivity contribution is 9.10. The highest BCUT2D eigenvalue weighted by Gasteiger charge is 2.17. The smallest absolute Gasteiger partial charge is 0.260 e. The molecular formula is C24H32BrN3O2. The first-order valence-electron chi connectivity index (χ1n) is 10.7. The van der Waals surface area contributed by atoms with Crippen molar-refractivity contribution < 1.29 is 9.53 Å². The molecule has 30 heavy (non-hydrogen) atoms. The molecule has 162 valence electrons. The monoisotopic (exact) mass is 473 g/mol. The summed E-state index contributed by atoms with van der Waals surface area (Å²) in [7, 11) is 0. The number of nitrogens with one attached hydrogen (secondary N) is 1. The van der Waals surface area contributed by atoms with Gasteiger partial charge in [0.2, 0.25) is 0 Å². The van der Waals surface area contributed by atoms with Gasteiger partial charge in [-0.3, -0.25) is 9.69 Å². The SMILES string of the molecule is Cc1cccc(N2CCN(CCCCNC(=O)C(C)Oc3ccc(Br)cc3)CC2)c1. The lowest BCUT2D eigenvalue weighted by molar-refractivity contribution is -0.127. The number of benzene rings is 2. The van der Waals surface area contributed by atoms with Crippen molar-refractivity contribution in [3.05, 3.63) is 58.6 Å². The number of rotatable bonds is 9. The van der Waals surface area contributed by atoms with Crippen LogP contribution >= 0.6 is 15.9 Å². The van der Waals surface area contributed by atoms with Gasteiger partial charge in [0.1, 0.15) is 5.75 Å². The Labute approximate surface area is 188 Å². The number of carbonyl (C=O) groups is 1. The van der Waals surface area contributed by atoms with Crippen molar-refractivity contribution in [3.63, 3.8) is 0 Å². The Hall–Kier alpha value is -2.05. The summed E-state index contributed by atoms with van der Waals surface area (Å²) >= 11 is 3.39. The Bertz CT molecular complexity index is 804. The molecule has 1 amide bonds. The fourth-order valence-electron chi connectivity index (χ4n) is 3.64. The fraction of sp³-hybridized carbons (Fsp3) is 0.458. The minimum atomic E-state index is -0.499. The molecule has 1 unspecified atom stereocenters. The Morgan fingerprint density at radius 2 is 1.83 bits per heavy atom. The average Bonchev–Trinajstić information content (AvgIpc) is 2.75. The fourth-order valence-corrected chi connectivity index (χ4v) is 3.91. The molecule has 0 aliphatic carbocycles. The van der Waals surface area contributed by atoms with Gasteiger partial charge in [-0.25, -0.2) is 0 Å². The largest absolute Gasteiger partial charge is 0.481 e. The van der Waals surface area contributed by atoms with Crippen LogP contribution in [-0.2, 0) is 4.79 Å². The number of aryl methyl sites for hydroxylation is 1. The highest BCUT2D eigenvalue weighted by Crippen LogP contribution is 2.18. The van der Waals surface area contributed by atoms with Crippen LogP contribution in [0.5, 0.6) is 5.75 Å². The van der Waals surface area contributed by atoms with E-state index in [-0.39, 0.29) is 5.91 Å². The van der Waals surface area contributed by atoms with Gasteiger partial charge in [0, 0.05) is 42.9 Å². The van der Waals surface area contributed by atoms with Gasteiger partial charge >= 0.3 is 0 Å². The zero-order chi connectivity index (χ0) is 21.3. The Morgan fingerprint density at radius 1 is 1.10 bits per heavy atom. The first-order valence-corrected chi connectivity index (χ1v) is 11.5. The Morgan fingerprint density at radius 3 is 2.53 bits per heavy atom. The minimum absolute atomic E-state index is 0.0651. The van der Waals surface area contributed by atoms with Crippen LogP contribution in [0.3, 0.4) is 0 Å². The number of nitrogens with zero attached hydrogens (tertiary/aromatic N) is 2. The molecule has 1 fully saturated rings. The number of amides is 1. The van der Waals surface area contributed by atoms with E-state index in [1.165, 1.54) is 11.3 Å². The van der Waals surface area contributed by atoms with Gasteiger partial charge in [-0.2, -0.15) is 0 Å². The maximum absolute atomic E-state index is 12.2. The number of piperazine rings is 1. The van der Waals surface area contributed by atoms with E-state index in [0.29, 0.717) is 12.3 Å². The summed E-state index contributed by atoms with van der Waals surface area (Å²) < 4.78 is 6.68. The van der Waals surface area contributed by atoms with Crippen molar-refractivity contribution in [3.8, 4) is 5.75 Å². The number of anilines is 1. The first-order chi connectivity index (χ1) is 14.5. The summed E-state index contributed by atoms with van der Waals surface area (Å²) in [6.07, 6.45) is 1.57. The second-order valence-electron chi connectivity index (χ2n) is 7.88. The van der Waals surface area contributed by atoms with E-state index in [0.717, 1.165) is 50.0 Å². The van der Waals surface area contributed by atoms with E-state index >= 15 is 0 Å². The predicted octanol–water partition coefficient (Wildman–Crippen LogP) is 4.24. The molecule has 2 aromatic rings. The molecule has 5 nitrogen and oxygen atoms in total. The maximum Gasteiger partial charge on any atom is 0.260 e. The van der Waals surface area contributed by atoms with Crippen molar-refractivity contribution in [1.82, 2.24) is 10.2 Å². The van der Waals surface area contributed by atoms with Crippen molar-refractivity contribution in [2.75, 3.05) is 44.2 Å². The van der Waals surface area contributed by atoms with E-state index in [2.05, 4.69) is 62.2 Å². The number of carbonyl (C=O) groups excluding carboxylic acids is 1. The van der Waals surface area contributed by atoms with Crippen LogP contribution in [0.4, 0.5) is 5.69 Å². The van der Waals surface area contributed by atoms with Crippen LogP contribution in [0.25, 0.3) is 0 Å². The lowest BCUT2D eigenvalue weighted by Crippen LogP contribution is -2.46. The summed E-state index contributed by atoms with van der Waals surface area (Å²) in [5.41, 5.74) is 2.64. The first kappa shape index (κ1) is 22.6. The summed E-state index contributed by atoms with van der Waals surface area (Å²) in [4.78, 5) is 17.2. The molecular weight excluding hydrogens is 442 g/mol. The molecule has 0 bridgehead atoms. The van der Waals surface area contributed by atoms with Crippen LogP contribution in [0.2, 0.25) is 0 Å². The van der Waals surface area contributed by atoms with Gasteiger partial charge in [0.05, 0.1) is 0 Å². The molecule has 6 heteroatoms. The van der Waals surface area contributed by atoms with E-state index in [1.807, 2.05) is 24.3 Å². The van der Waals surface area contributed by atoms with Gasteiger partial charge < -0.3 is 15.0 Å². The number of ether oxygens (including phenoxy) is 1. The summed E-state index contributed by atoms with van der Waals surface area (Å²) in [5.74, 6) is 0.635. The Balaban J connectivity index is 1.27. The van der Waals surface area contributed by atoms with Gasteiger partial charge in [0.25, 0.3) is 5.91 Å². The number of hydrogen-bond acceptors (Lipinski definition) is 4. The van der Waals surface area contributed by atoms with E-state index in [9.17, 15) is 4.79 Å². The molecule has 1 aliphatic heterocycles. The second-order valence-corrected chi connectivity index (χ2v) is 8.80. The molecule has 0 saturated carbocycles. The van der Waals surface area contributed by atoms with Crippen molar-refractivity contribution in [2.45, 2.75) is 32.8 Å². The van der Waals surface area contributed by atoms with E-state index < -0.39 is 6.10 Å². The van der Waals surface area contributed by atoms with Crippen LogP contribution in [-0.4, -0.2) is 56.2 Å². The van der Waals surface area contributed by atoms with Crippen molar-refractivity contribution in [1.29, 1.82) is 0 Å². The molecule has 0 spiro atoms. The van der Waals surface area contributed by atoms with Crippen molar-refractivity contribution >= 4 is 27.5 Å². The Kier molecular flexibility index (Phi) is 8.58. The van der Waals surface area contributed by atoms with Gasteiger partial charge in [-0.15, -0.1) is 0 Å². The summed E-state index contributed by atoms with van der Waals surface area (Å²) in [6.45, 7) is 10.0. The molecule has 1 atom stereocenters. The molecule has 0 radical (unpaired) electrons. The molecule has 1 aliphatic rings. The van der Waals surface area contributed by atoms with Crippen LogP contribution < -0.4 is 15.0 Å². The second kappa shape index (κ2) is 11.4. The van der Waals surface area contributed by atoms with Crippen LogP contribution in [0.15, 0.2) is 53.0 Å². The highest BCUT2D eigenvalue weighted by atomic mass is 79.9. The number of hydrogen-bond donors (Lipinski definition) is 1. The molecule has 1 saturated heterocycles. The zero-order valence-corrected chi connectivity index (χ0v) is 19.5. The third kappa shape index (κ3) is 7.03. The average molecular weight is 474 g/mol. The predicted molar refractivity (Wildman–Crippen MR) is 126 cm³/mol. The maximum atomic E-state index is 12.2. The number of unbranched alkanes of at least 4 members (excludes halogenated alkanes) is 1. The molecule has 1 N–H and O–H groups in total. The molecule has 0 aromatic heterocycles. The quantitative estimate of drug-likeness (QED) is 0.553. The van der Waals surface area contributed by atoms with E-state index in [4.69, 9.17) is 4.74 Å². The molecule has 3 rings (SSSR count). The van der Waals surface area contributed by atoms with Crippen molar-refractivity contribution in [2.24, 2.45) is 0 Å². The van der Waals surface area contributed by atoms with Gasteiger partial charge in [-0.05, 0) is 75.2 Å². The third-order valence-corrected chi connectivity index (χ3v) is 5.96. The van der Waals surface area contributed by atoms with Crippen LogP contribution in [0, 0.1) is 6.92 Å². The van der Waals surface area contributed by atoms with Gasteiger partial charge in [-0.1, -0.05) is 28.1 Å². The summed E-state index contributed by atoms with van der Waals surface area (Å²) in [5, 5.41) is 2.99. The lowest BCUT2D eigenvalue weighted by Gasteiger charge is -2.36.